The van der Waals surface area contributed by atoms with Gasteiger partial charge < -0.3 is 0 Å². The van der Waals surface area contributed by atoms with Gasteiger partial charge >= 0.3 is 0 Å². The topological polar surface area (TPSA) is 0 Å². The lowest BCUT2D eigenvalue weighted by atomic mass is 9.78. The SMILES string of the molecule is c1ccc(-c2c3c(c(-c4ccccc4)c4ccccc24)CCCC3)cc1. The Morgan fingerprint density at radius 1 is 0.423 bits per heavy atom. The summed E-state index contributed by atoms with van der Waals surface area (Å²) in [5, 5.41) is 2.77. The zero-order chi connectivity index (χ0) is 17.3. The smallest absolute Gasteiger partial charge is 0.00701 e. The van der Waals surface area contributed by atoms with Crippen molar-refractivity contribution in [3.63, 3.8) is 0 Å². The second-order valence-electron chi connectivity index (χ2n) is 7.19. The summed E-state index contributed by atoms with van der Waals surface area (Å²) >= 11 is 0. The largest absolute Gasteiger partial charge is 0.0622 e. The van der Waals surface area contributed by atoms with Gasteiger partial charge in [-0.2, -0.15) is 0 Å². The third-order valence-corrected chi connectivity index (χ3v) is 5.66. The Hall–Kier alpha value is -2.86. The Morgan fingerprint density at radius 2 is 0.808 bits per heavy atom. The third-order valence-electron chi connectivity index (χ3n) is 5.66. The Labute approximate surface area is 155 Å². The predicted octanol–water partition coefficient (Wildman–Crippen LogP) is 7.05. The molecular formula is C26H22. The standard InChI is InChI=1S/C26H22/c1-3-11-19(12-4-1)25-21-15-7-9-17-23(21)26(20-13-5-2-6-14-20)24-18-10-8-16-22(24)25/h1-7,9,11-15,17H,8,10,16,18H2. The fourth-order valence-corrected chi connectivity index (χ4v) is 4.57. The highest BCUT2D eigenvalue weighted by molar-refractivity contribution is 6.08. The molecule has 0 N–H and O–H groups in total. The first-order valence-corrected chi connectivity index (χ1v) is 9.61. The van der Waals surface area contributed by atoms with E-state index in [4.69, 9.17) is 0 Å². The molecule has 0 aliphatic heterocycles. The molecule has 0 nitrogen and oxygen atoms in total. The van der Waals surface area contributed by atoms with Gasteiger partial charge in [0.1, 0.15) is 0 Å². The Bertz CT molecular complexity index is 971. The third kappa shape index (κ3) is 2.45. The number of benzene rings is 4. The van der Waals surface area contributed by atoms with Gasteiger partial charge in [0.05, 0.1) is 0 Å². The van der Waals surface area contributed by atoms with Crippen LogP contribution in [0, 0.1) is 0 Å². The van der Waals surface area contributed by atoms with Crippen molar-refractivity contribution in [1.82, 2.24) is 0 Å². The monoisotopic (exact) mass is 334 g/mol. The van der Waals surface area contributed by atoms with E-state index < -0.39 is 0 Å². The van der Waals surface area contributed by atoms with Crippen molar-refractivity contribution >= 4 is 10.8 Å². The van der Waals surface area contributed by atoms with Gasteiger partial charge in [-0.3, -0.25) is 0 Å². The van der Waals surface area contributed by atoms with Crippen LogP contribution in [-0.2, 0) is 12.8 Å². The molecule has 0 aromatic heterocycles. The number of hydrogen-bond acceptors (Lipinski definition) is 0. The summed E-state index contributed by atoms with van der Waals surface area (Å²) in [7, 11) is 0. The summed E-state index contributed by atoms with van der Waals surface area (Å²) in [6, 6.07) is 30.9. The van der Waals surface area contributed by atoms with E-state index in [1.165, 1.54) is 58.7 Å². The van der Waals surface area contributed by atoms with Gasteiger partial charge in [0.15, 0.2) is 0 Å². The maximum atomic E-state index is 2.30. The molecule has 0 fully saturated rings. The van der Waals surface area contributed by atoms with Crippen molar-refractivity contribution in [2.75, 3.05) is 0 Å². The van der Waals surface area contributed by atoms with Crippen LogP contribution in [0.1, 0.15) is 24.0 Å². The first-order chi connectivity index (χ1) is 12.9. The van der Waals surface area contributed by atoms with Crippen molar-refractivity contribution in [3.05, 3.63) is 96.1 Å². The van der Waals surface area contributed by atoms with Crippen LogP contribution in [0.3, 0.4) is 0 Å². The zero-order valence-corrected chi connectivity index (χ0v) is 14.9. The molecular weight excluding hydrogens is 312 g/mol. The molecule has 1 aliphatic rings. The van der Waals surface area contributed by atoms with Gasteiger partial charge in [-0.25, -0.2) is 0 Å². The Kier molecular flexibility index (Phi) is 3.83. The molecule has 0 spiro atoms. The lowest BCUT2D eigenvalue weighted by Crippen LogP contribution is -2.08. The first-order valence-electron chi connectivity index (χ1n) is 9.61. The van der Waals surface area contributed by atoms with Gasteiger partial charge in [0.25, 0.3) is 0 Å². The highest BCUT2D eigenvalue weighted by Gasteiger charge is 2.22. The fourth-order valence-electron chi connectivity index (χ4n) is 4.57. The average Bonchev–Trinajstić information content (AvgIpc) is 2.73. The fraction of sp³-hybridized carbons (Fsp3) is 0.154. The summed E-state index contributed by atoms with van der Waals surface area (Å²) < 4.78 is 0. The second-order valence-corrected chi connectivity index (χ2v) is 7.19. The number of fused-ring (bicyclic) bond motifs is 2. The van der Waals surface area contributed by atoms with E-state index in [9.17, 15) is 0 Å². The highest BCUT2D eigenvalue weighted by Crippen LogP contribution is 2.44. The van der Waals surface area contributed by atoms with Crippen molar-refractivity contribution in [2.24, 2.45) is 0 Å². The Morgan fingerprint density at radius 3 is 1.23 bits per heavy atom. The molecule has 0 saturated carbocycles. The lowest BCUT2D eigenvalue weighted by molar-refractivity contribution is 0.689. The molecule has 1 aliphatic carbocycles. The minimum Gasteiger partial charge on any atom is -0.0622 e. The van der Waals surface area contributed by atoms with E-state index in [2.05, 4.69) is 84.9 Å². The van der Waals surface area contributed by atoms with Crippen LogP contribution >= 0.6 is 0 Å². The number of rotatable bonds is 2. The van der Waals surface area contributed by atoms with Gasteiger partial charge in [-0.05, 0) is 69.8 Å². The molecule has 0 radical (unpaired) electrons. The maximum absolute atomic E-state index is 2.30. The Balaban J connectivity index is 1.94. The van der Waals surface area contributed by atoms with Crippen LogP contribution in [0.4, 0.5) is 0 Å². The van der Waals surface area contributed by atoms with Crippen LogP contribution in [0.2, 0.25) is 0 Å². The van der Waals surface area contributed by atoms with Gasteiger partial charge in [0.2, 0.25) is 0 Å². The number of hydrogen-bond donors (Lipinski definition) is 0. The van der Waals surface area contributed by atoms with Crippen molar-refractivity contribution in [2.45, 2.75) is 25.7 Å². The summed E-state index contributed by atoms with van der Waals surface area (Å²) in [6.07, 6.45) is 4.95. The molecule has 5 rings (SSSR count). The molecule has 0 saturated heterocycles. The van der Waals surface area contributed by atoms with E-state index in [0.29, 0.717) is 0 Å². The van der Waals surface area contributed by atoms with Gasteiger partial charge in [0, 0.05) is 0 Å². The highest BCUT2D eigenvalue weighted by atomic mass is 14.3. The van der Waals surface area contributed by atoms with Crippen molar-refractivity contribution < 1.29 is 0 Å². The summed E-state index contributed by atoms with van der Waals surface area (Å²) in [5.41, 5.74) is 8.74. The summed E-state index contributed by atoms with van der Waals surface area (Å²) in [5.74, 6) is 0. The molecule has 4 aromatic rings. The quantitative estimate of drug-likeness (QED) is 0.368. The molecule has 0 atom stereocenters. The lowest BCUT2D eigenvalue weighted by Gasteiger charge is -2.26. The minimum absolute atomic E-state index is 1.18. The molecule has 0 heteroatoms. The molecule has 0 bridgehead atoms. The summed E-state index contributed by atoms with van der Waals surface area (Å²) in [6.45, 7) is 0. The molecule has 0 heterocycles. The predicted molar refractivity (Wildman–Crippen MR) is 111 cm³/mol. The van der Waals surface area contributed by atoms with E-state index in [1.54, 1.807) is 11.1 Å². The van der Waals surface area contributed by atoms with E-state index >= 15 is 0 Å². The molecule has 126 valence electrons. The van der Waals surface area contributed by atoms with Gasteiger partial charge in [-0.15, -0.1) is 0 Å². The maximum Gasteiger partial charge on any atom is -0.00701 e. The normalized spacial score (nSPS) is 13.5. The van der Waals surface area contributed by atoms with E-state index in [-0.39, 0.29) is 0 Å². The summed E-state index contributed by atoms with van der Waals surface area (Å²) in [4.78, 5) is 0. The van der Waals surface area contributed by atoms with E-state index in [1.807, 2.05) is 0 Å². The zero-order valence-electron chi connectivity index (χ0n) is 14.9. The van der Waals surface area contributed by atoms with Crippen LogP contribution in [0.5, 0.6) is 0 Å². The molecule has 26 heavy (non-hydrogen) atoms. The second kappa shape index (κ2) is 6.46. The molecule has 0 amide bonds. The van der Waals surface area contributed by atoms with Crippen LogP contribution in [-0.4, -0.2) is 0 Å². The van der Waals surface area contributed by atoms with Crippen molar-refractivity contribution in [3.8, 4) is 22.3 Å². The van der Waals surface area contributed by atoms with Crippen molar-refractivity contribution in [1.29, 1.82) is 0 Å². The molecule has 4 aromatic carbocycles. The van der Waals surface area contributed by atoms with Crippen LogP contribution < -0.4 is 0 Å². The minimum atomic E-state index is 1.18. The van der Waals surface area contributed by atoms with Gasteiger partial charge in [-0.1, -0.05) is 84.9 Å². The van der Waals surface area contributed by atoms with E-state index in [0.717, 1.165) is 0 Å². The van der Waals surface area contributed by atoms with Crippen LogP contribution in [0.15, 0.2) is 84.9 Å². The average molecular weight is 334 g/mol. The van der Waals surface area contributed by atoms with Crippen LogP contribution in [0.25, 0.3) is 33.0 Å². The first kappa shape index (κ1) is 15.4. The molecule has 0 unspecified atom stereocenters.